The van der Waals surface area contributed by atoms with Gasteiger partial charge in [-0.2, -0.15) is 0 Å². The fraction of sp³-hybridized carbons (Fsp3) is 0.133. The molecule has 1 aromatic carbocycles. The third-order valence-electron chi connectivity index (χ3n) is 3.33. The van der Waals surface area contributed by atoms with Gasteiger partial charge < -0.3 is 4.57 Å². The number of hydrogen-bond acceptors (Lipinski definition) is 5. The molecule has 0 saturated heterocycles. The highest BCUT2D eigenvalue weighted by atomic mass is 32.2. The van der Waals surface area contributed by atoms with Crippen molar-refractivity contribution in [2.24, 2.45) is 12.0 Å². The van der Waals surface area contributed by atoms with Crippen molar-refractivity contribution in [2.75, 3.05) is 0 Å². The summed E-state index contributed by atoms with van der Waals surface area (Å²) in [7, 11) is -1.90. The van der Waals surface area contributed by atoms with Crippen LogP contribution >= 0.6 is 0 Å². The first-order valence-electron chi connectivity index (χ1n) is 6.86. The normalized spacial score (nSPS) is 12.1. The van der Waals surface area contributed by atoms with Crippen LogP contribution in [0.15, 0.2) is 58.8 Å². The van der Waals surface area contributed by atoms with Gasteiger partial charge in [0.2, 0.25) is 0 Å². The molecule has 0 atom stereocenters. The predicted molar refractivity (Wildman–Crippen MR) is 86.5 cm³/mol. The summed E-state index contributed by atoms with van der Waals surface area (Å²) in [6.07, 6.45) is 4.49. The van der Waals surface area contributed by atoms with Crippen LogP contribution in [-0.4, -0.2) is 33.4 Å². The monoisotopic (exact) mass is 329 g/mol. The smallest absolute Gasteiger partial charge is 0.269 e. The highest BCUT2D eigenvalue weighted by Crippen LogP contribution is 2.22. The average Bonchev–Trinajstić information content (AvgIpc) is 3.14. The molecule has 23 heavy (non-hydrogen) atoms. The van der Waals surface area contributed by atoms with E-state index < -0.39 is 10.0 Å². The van der Waals surface area contributed by atoms with Crippen LogP contribution in [0.4, 0.5) is 5.82 Å². The Labute approximate surface area is 134 Å². The standard InChI is InChI=1S/C15H15N5O2S/c1-12-5-7-13(8-6-12)23(21,22)20-9-3-4-14(20)16-10-15-18-17-11-19(15)2/h3-11H,1-2H3/b16-10-. The van der Waals surface area contributed by atoms with E-state index in [0.29, 0.717) is 11.6 Å². The molecular formula is C15H15N5O2S. The lowest BCUT2D eigenvalue weighted by Gasteiger charge is -2.08. The Hall–Kier alpha value is -2.74. The average molecular weight is 329 g/mol. The molecule has 0 amide bonds. The maximum Gasteiger partial charge on any atom is 0.269 e. The van der Waals surface area contributed by atoms with Gasteiger partial charge in [-0.15, -0.1) is 10.2 Å². The van der Waals surface area contributed by atoms with Gasteiger partial charge in [-0.25, -0.2) is 17.4 Å². The van der Waals surface area contributed by atoms with E-state index in [1.54, 1.807) is 54.3 Å². The second kappa shape index (κ2) is 5.81. The van der Waals surface area contributed by atoms with Gasteiger partial charge >= 0.3 is 0 Å². The minimum Gasteiger partial charge on any atom is -0.316 e. The van der Waals surface area contributed by atoms with Crippen LogP contribution in [0.3, 0.4) is 0 Å². The first-order valence-corrected chi connectivity index (χ1v) is 8.30. The zero-order chi connectivity index (χ0) is 16.4. The summed E-state index contributed by atoms with van der Waals surface area (Å²) in [5.74, 6) is 0.832. The van der Waals surface area contributed by atoms with Gasteiger partial charge in [0.15, 0.2) is 5.82 Å². The molecule has 118 valence electrons. The fourth-order valence-corrected chi connectivity index (χ4v) is 3.31. The van der Waals surface area contributed by atoms with Crippen LogP contribution in [0.1, 0.15) is 11.4 Å². The summed E-state index contributed by atoms with van der Waals surface area (Å²) >= 11 is 0. The Morgan fingerprint density at radius 2 is 1.91 bits per heavy atom. The van der Waals surface area contributed by atoms with E-state index in [0.717, 1.165) is 9.54 Å². The maximum atomic E-state index is 12.7. The van der Waals surface area contributed by atoms with Crippen LogP contribution < -0.4 is 0 Å². The molecule has 0 unspecified atom stereocenters. The van der Waals surface area contributed by atoms with Gasteiger partial charge in [0.05, 0.1) is 11.1 Å². The first kappa shape index (κ1) is 15.2. The van der Waals surface area contributed by atoms with Gasteiger partial charge in [-0.1, -0.05) is 17.7 Å². The van der Waals surface area contributed by atoms with E-state index >= 15 is 0 Å². The molecule has 3 aromatic rings. The Morgan fingerprint density at radius 3 is 2.57 bits per heavy atom. The number of nitrogens with zero attached hydrogens (tertiary/aromatic N) is 5. The van der Waals surface area contributed by atoms with Crippen molar-refractivity contribution < 1.29 is 8.42 Å². The molecule has 0 spiro atoms. The number of aryl methyl sites for hydroxylation is 2. The van der Waals surface area contributed by atoms with Crippen LogP contribution in [-0.2, 0) is 17.1 Å². The van der Waals surface area contributed by atoms with Gasteiger partial charge in [-0.05, 0) is 31.2 Å². The Morgan fingerprint density at radius 1 is 1.17 bits per heavy atom. The number of hydrogen-bond donors (Lipinski definition) is 0. The van der Waals surface area contributed by atoms with E-state index in [4.69, 9.17) is 0 Å². The van der Waals surface area contributed by atoms with Crippen molar-refractivity contribution in [1.29, 1.82) is 0 Å². The maximum absolute atomic E-state index is 12.7. The Kier molecular flexibility index (Phi) is 3.83. The molecule has 3 rings (SSSR count). The molecule has 0 saturated carbocycles. The number of aliphatic imine (C=N–C) groups is 1. The lowest BCUT2D eigenvalue weighted by atomic mass is 10.2. The highest BCUT2D eigenvalue weighted by molar-refractivity contribution is 7.90. The first-order chi connectivity index (χ1) is 11.0. The quantitative estimate of drug-likeness (QED) is 0.685. The molecule has 0 N–H and O–H groups in total. The van der Waals surface area contributed by atoms with E-state index in [9.17, 15) is 8.42 Å². The third-order valence-corrected chi connectivity index (χ3v) is 5.02. The van der Waals surface area contributed by atoms with Gasteiger partial charge in [0, 0.05) is 13.2 Å². The minimum absolute atomic E-state index is 0.217. The van der Waals surface area contributed by atoms with Crippen LogP contribution in [0.5, 0.6) is 0 Å². The lowest BCUT2D eigenvalue weighted by Crippen LogP contribution is -2.11. The second-order valence-corrected chi connectivity index (χ2v) is 6.85. The summed E-state index contributed by atoms with van der Waals surface area (Å²) in [5, 5.41) is 7.63. The fourth-order valence-electron chi connectivity index (χ4n) is 2.02. The van der Waals surface area contributed by atoms with E-state index in [1.165, 1.54) is 12.4 Å². The molecule has 0 aliphatic carbocycles. The molecule has 0 aliphatic rings. The van der Waals surface area contributed by atoms with Crippen LogP contribution in [0.2, 0.25) is 0 Å². The summed E-state index contributed by atoms with van der Waals surface area (Å²) in [4.78, 5) is 4.43. The highest BCUT2D eigenvalue weighted by Gasteiger charge is 2.18. The van der Waals surface area contributed by atoms with Crippen molar-refractivity contribution in [3.8, 4) is 0 Å². The molecule has 0 radical (unpaired) electrons. The number of benzene rings is 1. The predicted octanol–water partition coefficient (Wildman–Crippen LogP) is 1.91. The number of aromatic nitrogens is 4. The van der Waals surface area contributed by atoms with Crippen molar-refractivity contribution >= 4 is 22.1 Å². The molecule has 7 nitrogen and oxygen atoms in total. The number of rotatable bonds is 4. The van der Waals surface area contributed by atoms with Crippen LogP contribution in [0.25, 0.3) is 0 Å². The topological polar surface area (TPSA) is 82.1 Å². The minimum atomic E-state index is -3.68. The zero-order valence-corrected chi connectivity index (χ0v) is 13.5. The van der Waals surface area contributed by atoms with Crippen molar-refractivity contribution in [1.82, 2.24) is 18.7 Å². The molecular weight excluding hydrogens is 314 g/mol. The second-order valence-electron chi connectivity index (χ2n) is 5.04. The lowest BCUT2D eigenvalue weighted by molar-refractivity contribution is 0.588. The van der Waals surface area contributed by atoms with E-state index in [1.807, 2.05) is 6.92 Å². The third kappa shape index (κ3) is 2.93. The molecule has 2 heterocycles. The molecule has 2 aromatic heterocycles. The molecule has 8 heteroatoms. The van der Waals surface area contributed by atoms with Crippen LogP contribution in [0, 0.1) is 6.92 Å². The summed E-state index contributed by atoms with van der Waals surface area (Å²) in [5.41, 5.74) is 0.997. The Balaban J connectivity index is 1.99. The molecule has 0 aliphatic heterocycles. The van der Waals surface area contributed by atoms with Gasteiger partial charge in [-0.3, -0.25) is 0 Å². The van der Waals surface area contributed by atoms with Crippen molar-refractivity contribution in [2.45, 2.75) is 11.8 Å². The Bertz CT molecular complexity index is 952. The van der Waals surface area contributed by atoms with Crippen molar-refractivity contribution in [3.05, 3.63) is 60.3 Å². The van der Waals surface area contributed by atoms with Crippen molar-refractivity contribution in [3.63, 3.8) is 0 Å². The summed E-state index contributed by atoms with van der Waals surface area (Å²) in [6, 6.07) is 9.95. The largest absolute Gasteiger partial charge is 0.316 e. The van der Waals surface area contributed by atoms with E-state index in [2.05, 4.69) is 15.2 Å². The SMILES string of the molecule is Cc1ccc(S(=O)(=O)n2cccc2/N=C\c2nncn2C)cc1. The summed E-state index contributed by atoms with van der Waals surface area (Å²) in [6.45, 7) is 1.91. The van der Waals surface area contributed by atoms with E-state index in [-0.39, 0.29) is 4.90 Å². The van der Waals surface area contributed by atoms with Gasteiger partial charge in [0.1, 0.15) is 12.1 Å². The zero-order valence-electron chi connectivity index (χ0n) is 12.7. The summed E-state index contributed by atoms with van der Waals surface area (Å²) < 4.78 is 28.3. The van der Waals surface area contributed by atoms with Gasteiger partial charge in [0.25, 0.3) is 10.0 Å². The molecule has 0 bridgehead atoms. The molecule has 0 fully saturated rings.